The van der Waals surface area contributed by atoms with Gasteiger partial charge in [-0.1, -0.05) is 31.9 Å². The van der Waals surface area contributed by atoms with Gasteiger partial charge in [0, 0.05) is 22.1 Å². The van der Waals surface area contributed by atoms with Gasteiger partial charge in [0.25, 0.3) is 0 Å². The van der Waals surface area contributed by atoms with Crippen LogP contribution < -0.4 is 5.32 Å². The summed E-state index contributed by atoms with van der Waals surface area (Å²) in [6.45, 7) is 6.05. The van der Waals surface area contributed by atoms with Crippen molar-refractivity contribution in [1.29, 1.82) is 0 Å². The second kappa shape index (κ2) is 6.56. The number of anilines is 1. The standard InChI is InChI=1S/C14H17N3O2S/c1-4-12(18)15-14-17-16-13(19-14)10-6-5-7-11(8-10)20-9(2)3/h5-9H,4H2,1-3H3,(H,15,17,18). The second-order valence-electron chi connectivity index (χ2n) is 4.51. The third kappa shape index (κ3) is 3.84. The number of hydrogen-bond acceptors (Lipinski definition) is 5. The van der Waals surface area contributed by atoms with Crippen LogP contribution in [0.3, 0.4) is 0 Å². The first-order chi connectivity index (χ1) is 9.58. The molecule has 0 aliphatic rings. The Labute approximate surface area is 122 Å². The highest BCUT2D eigenvalue weighted by molar-refractivity contribution is 7.99. The number of nitrogens with zero attached hydrogens (tertiary/aromatic N) is 2. The van der Waals surface area contributed by atoms with Crippen molar-refractivity contribution in [1.82, 2.24) is 10.2 Å². The fourth-order valence-corrected chi connectivity index (χ4v) is 2.47. The number of carbonyl (C=O) groups is 1. The van der Waals surface area contributed by atoms with E-state index in [1.165, 1.54) is 0 Å². The van der Waals surface area contributed by atoms with Gasteiger partial charge in [0.2, 0.25) is 11.8 Å². The van der Waals surface area contributed by atoms with E-state index in [4.69, 9.17) is 4.42 Å². The lowest BCUT2D eigenvalue weighted by Gasteiger charge is -2.05. The average Bonchev–Trinajstić information content (AvgIpc) is 2.86. The van der Waals surface area contributed by atoms with Crippen molar-refractivity contribution in [2.75, 3.05) is 5.32 Å². The first kappa shape index (κ1) is 14.6. The maximum absolute atomic E-state index is 11.3. The Bertz CT molecular complexity index is 596. The third-order valence-corrected chi connectivity index (χ3v) is 3.44. The Kier molecular flexibility index (Phi) is 4.79. The molecule has 0 saturated heterocycles. The van der Waals surface area contributed by atoms with Crippen molar-refractivity contribution in [2.45, 2.75) is 37.3 Å². The van der Waals surface area contributed by atoms with Crippen molar-refractivity contribution in [3.05, 3.63) is 24.3 Å². The minimum atomic E-state index is -0.149. The molecule has 1 amide bonds. The summed E-state index contributed by atoms with van der Waals surface area (Å²) < 4.78 is 5.44. The number of hydrogen-bond donors (Lipinski definition) is 1. The topological polar surface area (TPSA) is 68.0 Å². The van der Waals surface area contributed by atoms with Gasteiger partial charge in [-0.3, -0.25) is 10.1 Å². The predicted octanol–water partition coefficient (Wildman–Crippen LogP) is 3.59. The smallest absolute Gasteiger partial charge is 0.322 e. The maximum Gasteiger partial charge on any atom is 0.322 e. The minimum absolute atomic E-state index is 0.133. The molecule has 1 aromatic carbocycles. The first-order valence-corrected chi connectivity index (χ1v) is 7.37. The summed E-state index contributed by atoms with van der Waals surface area (Å²) in [7, 11) is 0. The molecule has 0 aliphatic carbocycles. The van der Waals surface area contributed by atoms with Crippen molar-refractivity contribution in [3.8, 4) is 11.5 Å². The Morgan fingerprint density at radius 2 is 2.20 bits per heavy atom. The van der Waals surface area contributed by atoms with Gasteiger partial charge < -0.3 is 4.42 Å². The van der Waals surface area contributed by atoms with Crippen LogP contribution >= 0.6 is 11.8 Å². The van der Waals surface area contributed by atoms with Crippen molar-refractivity contribution in [2.24, 2.45) is 0 Å². The highest BCUT2D eigenvalue weighted by Gasteiger charge is 2.11. The van der Waals surface area contributed by atoms with Crippen LogP contribution in [0.15, 0.2) is 33.6 Å². The molecule has 0 radical (unpaired) electrons. The number of thioether (sulfide) groups is 1. The summed E-state index contributed by atoms with van der Waals surface area (Å²) in [5.74, 6) is 0.256. The molecule has 0 saturated carbocycles. The second-order valence-corrected chi connectivity index (χ2v) is 6.16. The molecule has 5 nitrogen and oxygen atoms in total. The molecule has 2 aromatic rings. The molecule has 0 aliphatic heterocycles. The molecular formula is C14H17N3O2S. The number of carbonyl (C=O) groups excluding carboxylic acids is 1. The minimum Gasteiger partial charge on any atom is -0.403 e. The van der Waals surface area contributed by atoms with Crippen LogP contribution in [0.2, 0.25) is 0 Å². The van der Waals surface area contributed by atoms with Gasteiger partial charge in [-0.2, -0.15) is 0 Å². The van der Waals surface area contributed by atoms with Crippen LogP contribution in [0.25, 0.3) is 11.5 Å². The van der Waals surface area contributed by atoms with Gasteiger partial charge in [-0.25, -0.2) is 0 Å². The molecule has 1 heterocycles. The Morgan fingerprint density at radius 1 is 1.40 bits per heavy atom. The van der Waals surface area contributed by atoms with Crippen LogP contribution in [0, 0.1) is 0 Å². The van der Waals surface area contributed by atoms with Crippen LogP contribution in [0.4, 0.5) is 6.01 Å². The molecule has 1 aromatic heterocycles. The van der Waals surface area contributed by atoms with Crippen LogP contribution in [0.5, 0.6) is 0 Å². The summed E-state index contributed by atoms with van der Waals surface area (Å²) in [5, 5.41) is 10.8. The summed E-state index contributed by atoms with van der Waals surface area (Å²) >= 11 is 1.77. The lowest BCUT2D eigenvalue weighted by molar-refractivity contribution is -0.116. The van der Waals surface area contributed by atoms with Crippen molar-refractivity contribution < 1.29 is 9.21 Å². The van der Waals surface area contributed by atoms with Gasteiger partial charge in [-0.05, 0) is 18.2 Å². The van der Waals surface area contributed by atoms with E-state index in [0.717, 1.165) is 10.5 Å². The largest absolute Gasteiger partial charge is 0.403 e. The number of rotatable bonds is 5. The monoisotopic (exact) mass is 291 g/mol. The lowest BCUT2D eigenvalue weighted by Crippen LogP contribution is -2.09. The Morgan fingerprint density at radius 3 is 2.90 bits per heavy atom. The van der Waals surface area contributed by atoms with E-state index in [0.29, 0.717) is 17.6 Å². The van der Waals surface area contributed by atoms with Gasteiger partial charge in [-0.15, -0.1) is 16.9 Å². The van der Waals surface area contributed by atoms with Crippen molar-refractivity contribution >= 4 is 23.7 Å². The average molecular weight is 291 g/mol. The number of benzene rings is 1. The zero-order chi connectivity index (χ0) is 14.5. The van der Waals surface area contributed by atoms with E-state index in [1.807, 2.05) is 24.3 Å². The quantitative estimate of drug-likeness (QED) is 0.853. The van der Waals surface area contributed by atoms with E-state index in [-0.39, 0.29) is 11.9 Å². The molecule has 2 rings (SSSR count). The molecule has 6 heteroatoms. The van der Waals surface area contributed by atoms with Gasteiger partial charge >= 0.3 is 6.01 Å². The van der Waals surface area contributed by atoms with E-state index < -0.39 is 0 Å². The maximum atomic E-state index is 11.3. The van der Waals surface area contributed by atoms with Crippen LogP contribution in [0.1, 0.15) is 27.2 Å². The van der Waals surface area contributed by atoms with Crippen LogP contribution in [-0.4, -0.2) is 21.4 Å². The molecule has 0 fully saturated rings. The van der Waals surface area contributed by atoms with E-state index in [9.17, 15) is 4.79 Å². The molecular weight excluding hydrogens is 274 g/mol. The summed E-state index contributed by atoms with van der Waals surface area (Å²) in [6.07, 6.45) is 0.373. The SMILES string of the molecule is CCC(=O)Nc1nnc(-c2cccc(SC(C)C)c2)o1. The third-order valence-electron chi connectivity index (χ3n) is 2.45. The molecule has 0 spiro atoms. The zero-order valence-corrected chi connectivity index (χ0v) is 12.5. The molecule has 20 heavy (non-hydrogen) atoms. The molecule has 0 unspecified atom stereocenters. The Balaban J connectivity index is 2.17. The van der Waals surface area contributed by atoms with Crippen molar-refractivity contribution in [3.63, 3.8) is 0 Å². The predicted molar refractivity (Wildman–Crippen MR) is 79.6 cm³/mol. The van der Waals surface area contributed by atoms with E-state index >= 15 is 0 Å². The summed E-state index contributed by atoms with van der Waals surface area (Å²) in [5.41, 5.74) is 0.847. The molecule has 1 N–H and O–H groups in total. The van der Waals surface area contributed by atoms with Gasteiger partial charge in [0.05, 0.1) is 0 Å². The fraction of sp³-hybridized carbons (Fsp3) is 0.357. The summed E-state index contributed by atoms with van der Waals surface area (Å²) in [6, 6.07) is 8.04. The fourth-order valence-electron chi connectivity index (χ4n) is 1.57. The summed E-state index contributed by atoms with van der Waals surface area (Å²) in [4.78, 5) is 12.4. The van der Waals surface area contributed by atoms with Gasteiger partial charge in [0.15, 0.2) is 0 Å². The molecule has 106 valence electrons. The first-order valence-electron chi connectivity index (χ1n) is 6.49. The Hall–Kier alpha value is -1.82. The van der Waals surface area contributed by atoms with E-state index in [1.54, 1.807) is 18.7 Å². The highest BCUT2D eigenvalue weighted by Crippen LogP contribution is 2.28. The molecule has 0 atom stereocenters. The number of nitrogens with one attached hydrogen (secondary N) is 1. The number of aromatic nitrogens is 2. The van der Waals surface area contributed by atoms with Crippen LogP contribution in [-0.2, 0) is 4.79 Å². The normalized spacial score (nSPS) is 10.8. The molecule has 0 bridgehead atoms. The zero-order valence-electron chi connectivity index (χ0n) is 11.7. The van der Waals surface area contributed by atoms with E-state index in [2.05, 4.69) is 29.4 Å². The van der Waals surface area contributed by atoms with Gasteiger partial charge in [0.1, 0.15) is 0 Å². The number of amides is 1. The highest BCUT2D eigenvalue weighted by atomic mass is 32.2. The lowest BCUT2D eigenvalue weighted by atomic mass is 10.2.